The molecule has 1 spiro atoms. The molecule has 5 nitrogen and oxygen atoms in total. The van der Waals surface area contributed by atoms with Gasteiger partial charge in [-0.25, -0.2) is 8.42 Å². The molecule has 0 unspecified atom stereocenters. The van der Waals surface area contributed by atoms with Gasteiger partial charge in [-0.2, -0.15) is 0 Å². The first-order chi connectivity index (χ1) is 9.48. The number of amides is 1. The Labute approximate surface area is 118 Å². The van der Waals surface area contributed by atoms with E-state index in [0.29, 0.717) is 18.6 Å². The van der Waals surface area contributed by atoms with Crippen LogP contribution in [0.1, 0.15) is 25.7 Å². The summed E-state index contributed by atoms with van der Waals surface area (Å²) in [6, 6.07) is 4.82. The minimum absolute atomic E-state index is 0.105. The summed E-state index contributed by atoms with van der Waals surface area (Å²) in [4.78, 5) is 12.7. The molecule has 108 valence electrons. The first-order valence-corrected chi connectivity index (χ1v) is 8.35. The third-order valence-corrected chi connectivity index (χ3v) is 6.23. The third-order valence-electron chi connectivity index (χ3n) is 4.29. The smallest absolute Gasteiger partial charge is 0.231 e. The predicted molar refractivity (Wildman–Crippen MR) is 74.6 cm³/mol. The van der Waals surface area contributed by atoms with Gasteiger partial charge in [0.2, 0.25) is 5.91 Å². The van der Waals surface area contributed by atoms with Gasteiger partial charge in [0, 0.05) is 0 Å². The van der Waals surface area contributed by atoms with Crippen molar-refractivity contribution >= 4 is 21.4 Å². The van der Waals surface area contributed by atoms with E-state index in [9.17, 15) is 13.2 Å². The molecule has 0 saturated heterocycles. The molecule has 1 aliphatic heterocycles. The molecular formula is C14H17NO4S. The van der Waals surface area contributed by atoms with Gasteiger partial charge in [0.05, 0.1) is 23.2 Å². The van der Waals surface area contributed by atoms with Crippen LogP contribution in [0.25, 0.3) is 0 Å². The van der Waals surface area contributed by atoms with Crippen LogP contribution in [0.15, 0.2) is 23.1 Å². The number of ether oxygens (including phenoxy) is 1. The monoisotopic (exact) mass is 295 g/mol. The highest BCUT2D eigenvalue weighted by Crippen LogP contribution is 2.46. The number of carbonyl (C=O) groups is 1. The van der Waals surface area contributed by atoms with Crippen LogP contribution in [0.3, 0.4) is 0 Å². The number of nitrogens with one attached hydrogen (secondary N) is 1. The van der Waals surface area contributed by atoms with Crippen LogP contribution >= 0.6 is 0 Å². The number of methoxy groups -OCH3 is 1. The van der Waals surface area contributed by atoms with E-state index in [-0.39, 0.29) is 22.2 Å². The Morgan fingerprint density at radius 2 is 1.95 bits per heavy atom. The van der Waals surface area contributed by atoms with Crippen LogP contribution in [0, 0.1) is 5.41 Å². The first kappa shape index (κ1) is 13.4. The molecule has 1 fully saturated rings. The fourth-order valence-electron chi connectivity index (χ4n) is 3.24. The average molecular weight is 295 g/mol. The van der Waals surface area contributed by atoms with Gasteiger partial charge in [0.15, 0.2) is 9.84 Å². The van der Waals surface area contributed by atoms with Gasteiger partial charge in [-0.05, 0) is 25.0 Å². The number of sulfone groups is 1. The van der Waals surface area contributed by atoms with Crippen molar-refractivity contribution in [2.24, 2.45) is 5.41 Å². The molecule has 20 heavy (non-hydrogen) atoms. The number of benzene rings is 1. The van der Waals surface area contributed by atoms with Crippen molar-refractivity contribution in [3.05, 3.63) is 18.2 Å². The van der Waals surface area contributed by atoms with Crippen LogP contribution < -0.4 is 10.1 Å². The van der Waals surface area contributed by atoms with Gasteiger partial charge in [0.25, 0.3) is 0 Å². The van der Waals surface area contributed by atoms with E-state index in [0.717, 1.165) is 12.8 Å². The fraction of sp³-hybridized carbons (Fsp3) is 0.500. The molecular weight excluding hydrogens is 278 g/mol. The SMILES string of the molecule is COc1cccc2c1NC(=O)C1(CCCC1)CS2(=O)=O. The summed E-state index contributed by atoms with van der Waals surface area (Å²) in [6.45, 7) is 0. The number of hydrogen-bond acceptors (Lipinski definition) is 4. The summed E-state index contributed by atoms with van der Waals surface area (Å²) in [5.74, 6) is 0.0859. The first-order valence-electron chi connectivity index (χ1n) is 6.70. The van der Waals surface area contributed by atoms with E-state index < -0.39 is 15.3 Å². The summed E-state index contributed by atoms with van der Waals surface area (Å²) in [5.41, 5.74) is -0.494. The molecule has 2 aliphatic rings. The van der Waals surface area contributed by atoms with E-state index in [2.05, 4.69) is 5.32 Å². The third kappa shape index (κ3) is 1.90. The number of carbonyl (C=O) groups excluding carboxylic acids is 1. The standard InChI is InChI=1S/C14H17NO4S/c1-19-10-5-4-6-11-12(10)15-13(16)14(7-2-3-8-14)9-20(11,17)18/h4-6H,2-3,7-9H2,1H3,(H,15,16). The normalized spacial score (nSPS) is 22.9. The molecule has 1 saturated carbocycles. The zero-order valence-corrected chi connectivity index (χ0v) is 12.1. The lowest BCUT2D eigenvalue weighted by Gasteiger charge is -2.24. The van der Waals surface area contributed by atoms with Crippen LogP contribution in [0.5, 0.6) is 5.75 Å². The lowest BCUT2D eigenvalue weighted by molar-refractivity contribution is -0.124. The summed E-state index contributed by atoms with van der Waals surface area (Å²) in [5, 5.41) is 2.79. The topological polar surface area (TPSA) is 72.5 Å². The maximum absolute atomic E-state index is 12.6. The second-order valence-electron chi connectivity index (χ2n) is 5.53. The predicted octanol–water partition coefficient (Wildman–Crippen LogP) is 1.98. The van der Waals surface area contributed by atoms with Crippen LogP contribution in [0.2, 0.25) is 0 Å². The Morgan fingerprint density at radius 3 is 2.60 bits per heavy atom. The van der Waals surface area contributed by atoms with Crippen molar-refractivity contribution in [1.82, 2.24) is 0 Å². The Balaban J connectivity index is 2.18. The van der Waals surface area contributed by atoms with Gasteiger partial charge in [-0.1, -0.05) is 18.9 Å². The molecule has 1 aliphatic carbocycles. The molecule has 1 N–H and O–H groups in total. The number of anilines is 1. The van der Waals surface area contributed by atoms with Crippen LogP contribution in [0.4, 0.5) is 5.69 Å². The van der Waals surface area contributed by atoms with E-state index in [1.807, 2.05) is 0 Å². The molecule has 1 aromatic rings. The molecule has 3 rings (SSSR count). The molecule has 1 heterocycles. The lowest BCUT2D eigenvalue weighted by Crippen LogP contribution is -2.37. The van der Waals surface area contributed by atoms with Crippen molar-refractivity contribution in [2.75, 3.05) is 18.2 Å². The van der Waals surface area contributed by atoms with Crippen molar-refractivity contribution < 1.29 is 17.9 Å². The largest absolute Gasteiger partial charge is 0.495 e. The second kappa shape index (κ2) is 4.48. The highest BCUT2D eigenvalue weighted by molar-refractivity contribution is 7.91. The van der Waals surface area contributed by atoms with Gasteiger partial charge >= 0.3 is 0 Å². The Morgan fingerprint density at radius 1 is 1.25 bits per heavy atom. The van der Waals surface area contributed by atoms with Gasteiger partial charge in [0.1, 0.15) is 11.4 Å². The van der Waals surface area contributed by atoms with Gasteiger partial charge in [-0.3, -0.25) is 4.79 Å². The molecule has 0 bridgehead atoms. The number of rotatable bonds is 1. The summed E-state index contributed by atoms with van der Waals surface area (Å²) < 4.78 is 30.4. The summed E-state index contributed by atoms with van der Waals surface area (Å²) in [6.07, 6.45) is 3.07. The maximum Gasteiger partial charge on any atom is 0.231 e. The quantitative estimate of drug-likeness (QED) is 0.860. The molecule has 0 radical (unpaired) electrons. The Hall–Kier alpha value is -1.56. The van der Waals surface area contributed by atoms with Crippen molar-refractivity contribution in [2.45, 2.75) is 30.6 Å². The molecule has 0 atom stereocenters. The van der Waals surface area contributed by atoms with E-state index in [4.69, 9.17) is 4.74 Å². The summed E-state index contributed by atoms with van der Waals surface area (Å²) >= 11 is 0. The van der Waals surface area contributed by atoms with Crippen LogP contribution in [-0.2, 0) is 14.6 Å². The van der Waals surface area contributed by atoms with E-state index >= 15 is 0 Å². The maximum atomic E-state index is 12.6. The number of para-hydroxylation sites is 1. The fourth-order valence-corrected chi connectivity index (χ4v) is 5.29. The second-order valence-corrected chi connectivity index (χ2v) is 7.49. The lowest BCUT2D eigenvalue weighted by atomic mass is 9.87. The molecule has 6 heteroatoms. The average Bonchev–Trinajstić information content (AvgIpc) is 2.84. The highest BCUT2D eigenvalue weighted by Gasteiger charge is 2.48. The van der Waals surface area contributed by atoms with Crippen molar-refractivity contribution in [3.63, 3.8) is 0 Å². The van der Waals surface area contributed by atoms with Crippen molar-refractivity contribution in [3.8, 4) is 5.75 Å². The summed E-state index contributed by atoms with van der Waals surface area (Å²) in [7, 11) is -2.04. The van der Waals surface area contributed by atoms with Crippen molar-refractivity contribution in [1.29, 1.82) is 0 Å². The minimum Gasteiger partial charge on any atom is -0.495 e. The Kier molecular flexibility index (Phi) is 3.01. The zero-order chi connectivity index (χ0) is 14.4. The van der Waals surface area contributed by atoms with Crippen LogP contribution in [-0.4, -0.2) is 27.2 Å². The Bertz CT molecular complexity index is 660. The van der Waals surface area contributed by atoms with Gasteiger partial charge in [-0.15, -0.1) is 0 Å². The highest BCUT2D eigenvalue weighted by atomic mass is 32.2. The van der Waals surface area contributed by atoms with Gasteiger partial charge < -0.3 is 10.1 Å². The minimum atomic E-state index is -3.50. The molecule has 1 aromatic carbocycles. The number of hydrogen-bond donors (Lipinski definition) is 1. The van der Waals surface area contributed by atoms with E-state index in [1.54, 1.807) is 12.1 Å². The molecule has 1 amide bonds. The van der Waals surface area contributed by atoms with E-state index in [1.165, 1.54) is 13.2 Å². The molecule has 0 aromatic heterocycles. The number of fused-ring (bicyclic) bond motifs is 1. The zero-order valence-electron chi connectivity index (χ0n) is 11.3.